The number of hydrogen-bond acceptors (Lipinski definition) is 2. The van der Waals surface area contributed by atoms with Crippen molar-refractivity contribution in [3.05, 3.63) is 0 Å². The summed E-state index contributed by atoms with van der Waals surface area (Å²) >= 11 is 10.0. The Kier molecular flexibility index (Phi) is 8.19. The van der Waals surface area contributed by atoms with Gasteiger partial charge in [-0.3, -0.25) is 10.0 Å². The molecule has 4 N–H and O–H groups in total. The molecule has 0 radical (unpaired) electrons. The number of thiocarbonyl (C=S) groups is 2. The molecule has 16 heavy (non-hydrogen) atoms. The number of rotatable bonds is 6. The number of nitrogens with zero attached hydrogens (tertiary/aromatic N) is 2. The van der Waals surface area contributed by atoms with E-state index in [4.69, 9.17) is 35.9 Å². The average molecular weight is 262 g/mol. The van der Waals surface area contributed by atoms with Gasteiger partial charge in [-0.25, -0.2) is 0 Å². The van der Waals surface area contributed by atoms with Crippen molar-refractivity contribution in [2.75, 3.05) is 13.1 Å². The number of nitrogens with two attached hydrogens (primary N) is 2. The van der Waals surface area contributed by atoms with E-state index in [1.54, 1.807) is 10.0 Å². The molecule has 0 saturated carbocycles. The van der Waals surface area contributed by atoms with Gasteiger partial charge in [-0.2, -0.15) is 0 Å². The zero-order valence-electron chi connectivity index (χ0n) is 10.1. The van der Waals surface area contributed by atoms with Crippen molar-refractivity contribution < 1.29 is 0 Å². The van der Waals surface area contributed by atoms with E-state index in [2.05, 4.69) is 13.8 Å². The van der Waals surface area contributed by atoms with Crippen LogP contribution in [0.3, 0.4) is 0 Å². The highest BCUT2D eigenvalue weighted by molar-refractivity contribution is 7.80. The fourth-order valence-electron chi connectivity index (χ4n) is 1.32. The Morgan fingerprint density at radius 1 is 0.875 bits per heavy atom. The lowest BCUT2D eigenvalue weighted by Crippen LogP contribution is -2.54. The van der Waals surface area contributed by atoms with E-state index in [-0.39, 0.29) is 0 Å². The van der Waals surface area contributed by atoms with Crippen LogP contribution < -0.4 is 11.5 Å². The molecule has 0 amide bonds. The van der Waals surface area contributed by atoms with E-state index in [0.29, 0.717) is 10.2 Å². The molecule has 0 heterocycles. The van der Waals surface area contributed by atoms with Gasteiger partial charge in [0.2, 0.25) is 0 Å². The van der Waals surface area contributed by atoms with Crippen LogP contribution in [-0.4, -0.2) is 33.3 Å². The number of hydrazine groups is 1. The van der Waals surface area contributed by atoms with Crippen LogP contribution in [-0.2, 0) is 0 Å². The van der Waals surface area contributed by atoms with E-state index in [1.807, 2.05) is 0 Å². The third kappa shape index (κ3) is 5.46. The summed E-state index contributed by atoms with van der Waals surface area (Å²) in [6.45, 7) is 5.78. The molecule has 0 aliphatic heterocycles. The van der Waals surface area contributed by atoms with Crippen LogP contribution in [0.1, 0.15) is 39.5 Å². The summed E-state index contributed by atoms with van der Waals surface area (Å²) in [5.74, 6) is 0. The van der Waals surface area contributed by atoms with Gasteiger partial charge < -0.3 is 11.5 Å². The third-order valence-electron chi connectivity index (χ3n) is 2.25. The third-order valence-corrected chi connectivity index (χ3v) is 2.67. The normalized spacial score (nSPS) is 9.88. The van der Waals surface area contributed by atoms with Gasteiger partial charge in [-0.15, -0.1) is 0 Å². The Labute approximate surface area is 109 Å². The first-order chi connectivity index (χ1) is 7.54. The van der Waals surface area contributed by atoms with Crippen LogP contribution >= 0.6 is 24.4 Å². The van der Waals surface area contributed by atoms with Crippen molar-refractivity contribution in [2.24, 2.45) is 11.5 Å². The average Bonchev–Trinajstić information content (AvgIpc) is 2.21. The maximum atomic E-state index is 5.69. The summed E-state index contributed by atoms with van der Waals surface area (Å²) in [5, 5.41) is 4.27. The first-order valence-electron chi connectivity index (χ1n) is 5.68. The highest BCUT2D eigenvalue weighted by Gasteiger charge is 2.16. The molecule has 0 atom stereocenters. The van der Waals surface area contributed by atoms with Gasteiger partial charge in [0.15, 0.2) is 10.2 Å². The van der Waals surface area contributed by atoms with E-state index in [0.717, 1.165) is 38.8 Å². The molecule has 0 rings (SSSR count). The minimum atomic E-state index is 0.331. The predicted molar refractivity (Wildman–Crippen MR) is 76.8 cm³/mol. The minimum Gasteiger partial charge on any atom is -0.375 e. The second-order valence-electron chi connectivity index (χ2n) is 3.63. The van der Waals surface area contributed by atoms with Crippen LogP contribution in [0.5, 0.6) is 0 Å². The van der Waals surface area contributed by atoms with E-state index in [9.17, 15) is 0 Å². The molecule has 0 aliphatic carbocycles. The Hall–Kier alpha value is -0.620. The molecule has 0 unspecified atom stereocenters. The van der Waals surface area contributed by atoms with E-state index < -0.39 is 0 Å². The number of hydrogen-bond donors (Lipinski definition) is 2. The SMILES string of the molecule is CCCCN(C(N)=S)N(CCCC)C(N)=S. The monoisotopic (exact) mass is 262 g/mol. The molecule has 0 aromatic rings. The highest BCUT2D eigenvalue weighted by Crippen LogP contribution is 2.04. The second kappa shape index (κ2) is 8.52. The zero-order chi connectivity index (χ0) is 12.6. The lowest BCUT2D eigenvalue weighted by Gasteiger charge is -2.35. The highest BCUT2D eigenvalue weighted by atomic mass is 32.1. The Balaban J connectivity index is 4.52. The summed E-state index contributed by atoms with van der Waals surface area (Å²) < 4.78 is 0. The van der Waals surface area contributed by atoms with E-state index >= 15 is 0 Å². The van der Waals surface area contributed by atoms with Crippen molar-refractivity contribution >= 4 is 34.7 Å². The Bertz CT molecular complexity index is 209. The minimum absolute atomic E-state index is 0.331. The molecule has 0 spiro atoms. The first-order valence-corrected chi connectivity index (χ1v) is 6.50. The van der Waals surface area contributed by atoms with Crippen molar-refractivity contribution in [1.82, 2.24) is 10.0 Å². The van der Waals surface area contributed by atoms with Crippen LogP contribution in [0, 0.1) is 0 Å². The van der Waals surface area contributed by atoms with Gasteiger partial charge in [-0.05, 0) is 37.3 Å². The summed E-state index contributed by atoms with van der Waals surface area (Å²) in [6, 6.07) is 0. The molecule has 94 valence electrons. The maximum absolute atomic E-state index is 5.69. The summed E-state index contributed by atoms with van der Waals surface area (Å²) in [4.78, 5) is 0. The number of unbranched alkanes of at least 4 members (excludes halogenated alkanes) is 2. The van der Waals surface area contributed by atoms with Gasteiger partial charge in [-0.1, -0.05) is 26.7 Å². The summed E-state index contributed by atoms with van der Waals surface area (Å²) in [6.07, 6.45) is 4.20. The van der Waals surface area contributed by atoms with Crippen molar-refractivity contribution in [2.45, 2.75) is 39.5 Å². The van der Waals surface area contributed by atoms with Crippen molar-refractivity contribution in [1.29, 1.82) is 0 Å². The molecule has 0 bridgehead atoms. The lowest BCUT2D eigenvalue weighted by atomic mass is 10.3. The zero-order valence-corrected chi connectivity index (χ0v) is 11.7. The van der Waals surface area contributed by atoms with Crippen LogP contribution in [0.2, 0.25) is 0 Å². The summed E-state index contributed by atoms with van der Waals surface area (Å²) in [5.41, 5.74) is 11.4. The molecular formula is C10H22N4S2. The van der Waals surface area contributed by atoms with Crippen LogP contribution in [0.4, 0.5) is 0 Å². The standard InChI is InChI=1S/C10H22N4S2/c1-3-5-7-13(9(11)15)14(10(12)16)8-6-4-2/h3-8H2,1-2H3,(H2,11,15)(H2,12,16). The first kappa shape index (κ1) is 15.4. The quantitative estimate of drug-likeness (QED) is 0.560. The van der Waals surface area contributed by atoms with Crippen molar-refractivity contribution in [3.63, 3.8) is 0 Å². The molecule has 0 aromatic carbocycles. The van der Waals surface area contributed by atoms with Gasteiger partial charge in [0, 0.05) is 13.1 Å². The molecule has 0 aromatic heterocycles. The van der Waals surface area contributed by atoms with Crippen molar-refractivity contribution in [3.8, 4) is 0 Å². The predicted octanol–water partition coefficient (Wildman–Crippen LogP) is 1.59. The second-order valence-corrected chi connectivity index (χ2v) is 4.47. The van der Waals surface area contributed by atoms with Gasteiger partial charge in [0.1, 0.15) is 0 Å². The summed E-state index contributed by atoms with van der Waals surface area (Å²) in [7, 11) is 0. The lowest BCUT2D eigenvalue weighted by molar-refractivity contribution is 0.130. The Morgan fingerprint density at radius 2 is 1.19 bits per heavy atom. The fourth-order valence-corrected chi connectivity index (χ4v) is 1.70. The van der Waals surface area contributed by atoms with E-state index in [1.165, 1.54) is 0 Å². The van der Waals surface area contributed by atoms with Gasteiger partial charge >= 0.3 is 0 Å². The molecular weight excluding hydrogens is 240 g/mol. The van der Waals surface area contributed by atoms with Crippen LogP contribution in [0.15, 0.2) is 0 Å². The van der Waals surface area contributed by atoms with Crippen LogP contribution in [0.25, 0.3) is 0 Å². The molecule has 0 fully saturated rings. The molecule has 4 nitrogen and oxygen atoms in total. The fraction of sp³-hybridized carbons (Fsp3) is 0.800. The molecule has 0 saturated heterocycles. The topological polar surface area (TPSA) is 58.5 Å². The smallest absolute Gasteiger partial charge is 0.185 e. The van der Waals surface area contributed by atoms with Gasteiger partial charge in [0.05, 0.1) is 0 Å². The Morgan fingerprint density at radius 3 is 1.38 bits per heavy atom. The van der Waals surface area contributed by atoms with Gasteiger partial charge in [0.25, 0.3) is 0 Å². The molecule has 0 aliphatic rings. The largest absolute Gasteiger partial charge is 0.375 e. The molecule has 6 heteroatoms. The maximum Gasteiger partial charge on any atom is 0.185 e.